The molecule has 3 aromatic rings. The van der Waals surface area contributed by atoms with Crippen molar-refractivity contribution in [3.63, 3.8) is 0 Å². The molecule has 0 spiro atoms. The minimum atomic E-state index is -2.67. The summed E-state index contributed by atoms with van der Waals surface area (Å²) < 4.78 is 38.7. The molecule has 7 nitrogen and oxygen atoms in total. The fourth-order valence-electron chi connectivity index (χ4n) is 5.07. The summed E-state index contributed by atoms with van der Waals surface area (Å²) >= 11 is 0. The zero-order valence-electron chi connectivity index (χ0n) is 21.4. The van der Waals surface area contributed by atoms with Crippen LogP contribution in [0.1, 0.15) is 72.1 Å². The van der Waals surface area contributed by atoms with Crippen LogP contribution in [0.25, 0.3) is 11.0 Å². The highest BCUT2D eigenvalue weighted by Gasteiger charge is 2.52. The van der Waals surface area contributed by atoms with Gasteiger partial charge in [-0.15, -0.1) is 0 Å². The van der Waals surface area contributed by atoms with Gasteiger partial charge in [0.1, 0.15) is 11.6 Å². The second kappa shape index (κ2) is 6.14. The maximum atomic E-state index is 13.4. The Balaban J connectivity index is 1.55. The Morgan fingerprint density at radius 3 is 2.62 bits per heavy atom. The summed E-state index contributed by atoms with van der Waals surface area (Å²) in [5.41, 5.74) is 1.90. The Morgan fingerprint density at radius 2 is 1.91 bits per heavy atom. The highest BCUT2D eigenvalue weighted by molar-refractivity contribution is 6.62. The van der Waals surface area contributed by atoms with Crippen molar-refractivity contribution in [2.45, 2.75) is 57.4 Å². The molecule has 1 saturated heterocycles. The van der Waals surface area contributed by atoms with Crippen LogP contribution >= 0.6 is 0 Å². The number of aromatic nitrogens is 2. The lowest BCUT2D eigenvalue weighted by molar-refractivity contribution is 0.00578. The number of carbonyl (C=O) groups excluding carboxylic acids is 1. The standard InChI is InChI=1S/C24H26BN3O4/c1-23(2)24(3,4)32-25(31-23)13-9-10-15-16(11-13)28-17-12-18(21(28)26-15)27(5)22(30)14-7-6-8-19(29)20(14)17/h6-11,17-18,29H,12H2,1-5H3/t17-,18-/m1/s1/i5D3. The molecular weight excluding hydrogens is 405 g/mol. The van der Waals surface area contributed by atoms with E-state index >= 15 is 0 Å². The molecule has 3 aliphatic rings. The first-order valence-electron chi connectivity index (χ1n) is 12.3. The Bertz CT molecular complexity index is 1380. The van der Waals surface area contributed by atoms with Gasteiger partial charge in [-0.1, -0.05) is 12.1 Å². The van der Waals surface area contributed by atoms with E-state index in [0.29, 0.717) is 23.3 Å². The molecule has 0 aliphatic carbocycles. The van der Waals surface area contributed by atoms with E-state index in [4.69, 9.17) is 18.4 Å². The van der Waals surface area contributed by atoms with Crippen molar-refractivity contribution in [3.8, 4) is 5.75 Å². The Kier molecular flexibility index (Phi) is 3.22. The van der Waals surface area contributed by atoms with Crippen LogP contribution in [0.15, 0.2) is 36.4 Å². The number of phenolic OH excluding ortho intramolecular Hbond substituents is 1. The SMILES string of the molecule is [2H]C([2H])([2H])N1C(=O)c2cccc(O)c2[C@H]2C[C@@H]1c1nc3ccc(B4OC(C)(C)C(C)(C)O4)cc3n12. The van der Waals surface area contributed by atoms with Crippen LogP contribution < -0.4 is 5.46 Å². The molecule has 0 unspecified atom stereocenters. The number of imidazole rings is 1. The summed E-state index contributed by atoms with van der Waals surface area (Å²) in [4.78, 5) is 19.1. The van der Waals surface area contributed by atoms with Gasteiger partial charge in [0.05, 0.1) is 34.3 Å². The monoisotopic (exact) mass is 434 g/mol. The van der Waals surface area contributed by atoms with E-state index in [2.05, 4.69) is 0 Å². The molecular formula is C24H26BN3O4. The van der Waals surface area contributed by atoms with Gasteiger partial charge in [-0.25, -0.2) is 4.98 Å². The zero-order valence-corrected chi connectivity index (χ0v) is 18.4. The molecule has 1 amide bonds. The number of phenols is 1. The first kappa shape index (κ1) is 16.7. The number of aromatic hydroxyl groups is 1. The maximum absolute atomic E-state index is 13.4. The molecule has 2 aromatic carbocycles. The van der Waals surface area contributed by atoms with Gasteiger partial charge in [-0.2, -0.15) is 0 Å². The predicted octanol–water partition coefficient (Wildman–Crippen LogP) is 3.16. The Labute approximate surface area is 191 Å². The molecule has 0 saturated carbocycles. The molecule has 6 rings (SSSR count). The van der Waals surface area contributed by atoms with Crippen LogP contribution in [0, 0.1) is 0 Å². The van der Waals surface area contributed by atoms with Crippen molar-refractivity contribution in [1.82, 2.24) is 14.5 Å². The Hall–Kier alpha value is -2.84. The average Bonchev–Trinajstić information content (AvgIpc) is 3.32. The third-order valence-electron chi connectivity index (χ3n) is 7.50. The van der Waals surface area contributed by atoms with Crippen LogP contribution in [-0.4, -0.2) is 50.8 Å². The van der Waals surface area contributed by atoms with E-state index < -0.39 is 43.3 Å². The summed E-state index contributed by atoms with van der Waals surface area (Å²) in [5.74, 6) is -0.169. The third-order valence-corrected chi connectivity index (χ3v) is 7.50. The van der Waals surface area contributed by atoms with Gasteiger partial charge in [0.25, 0.3) is 5.91 Å². The molecule has 2 atom stereocenters. The summed E-state index contributed by atoms with van der Waals surface area (Å²) in [5, 5.41) is 10.8. The molecule has 8 heteroatoms. The molecule has 3 aliphatic heterocycles. The van der Waals surface area contributed by atoms with Crippen LogP contribution in [0.2, 0.25) is 0 Å². The number of hydrogen-bond acceptors (Lipinski definition) is 5. The summed E-state index contributed by atoms with van der Waals surface area (Å²) in [6, 6.07) is 9.18. The molecule has 0 radical (unpaired) electrons. The molecule has 1 aromatic heterocycles. The summed E-state index contributed by atoms with van der Waals surface area (Å²) in [7, 11) is -0.569. The first-order chi connectivity index (χ1) is 16.3. The fourth-order valence-corrected chi connectivity index (χ4v) is 5.07. The van der Waals surface area contributed by atoms with Crippen LogP contribution in [0.5, 0.6) is 5.75 Å². The van der Waals surface area contributed by atoms with Gasteiger partial charge < -0.3 is 23.9 Å². The van der Waals surface area contributed by atoms with Gasteiger partial charge in [0.2, 0.25) is 0 Å². The second-order valence-electron chi connectivity index (χ2n) is 9.86. The van der Waals surface area contributed by atoms with Crippen molar-refractivity contribution in [2.24, 2.45) is 0 Å². The smallest absolute Gasteiger partial charge is 0.494 e. The number of amides is 1. The zero-order chi connectivity index (χ0) is 25.1. The quantitative estimate of drug-likeness (QED) is 0.596. The largest absolute Gasteiger partial charge is 0.508 e. The highest BCUT2D eigenvalue weighted by atomic mass is 16.7. The van der Waals surface area contributed by atoms with E-state index in [0.717, 1.165) is 15.9 Å². The topological polar surface area (TPSA) is 76.8 Å². The number of benzene rings is 2. The van der Waals surface area contributed by atoms with E-state index in [1.807, 2.05) is 50.5 Å². The number of hydrogen-bond donors (Lipinski definition) is 1. The van der Waals surface area contributed by atoms with Crippen LogP contribution in [0.3, 0.4) is 0 Å². The molecule has 32 heavy (non-hydrogen) atoms. The van der Waals surface area contributed by atoms with Crippen molar-refractivity contribution < 1.29 is 23.3 Å². The maximum Gasteiger partial charge on any atom is 0.494 e. The summed E-state index contributed by atoms with van der Waals surface area (Å²) in [6.07, 6.45) is 0.313. The van der Waals surface area contributed by atoms with Gasteiger partial charge in [0.15, 0.2) is 0 Å². The normalized spacial score (nSPS) is 27.0. The van der Waals surface area contributed by atoms with Crippen LogP contribution in [0.4, 0.5) is 0 Å². The summed E-state index contributed by atoms with van der Waals surface area (Å²) in [6.45, 7) is 5.31. The van der Waals surface area contributed by atoms with Gasteiger partial charge in [0, 0.05) is 28.6 Å². The predicted molar refractivity (Wildman–Crippen MR) is 121 cm³/mol. The lowest BCUT2D eigenvalue weighted by Crippen LogP contribution is -2.41. The number of rotatable bonds is 1. The molecule has 164 valence electrons. The van der Waals surface area contributed by atoms with E-state index in [-0.39, 0.29) is 11.3 Å². The molecule has 2 bridgehead atoms. The minimum Gasteiger partial charge on any atom is -0.508 e. The Morgan fingerprint density at radius 1 is 1.16 bits per heavy atom. The number of fused-ring (bicyclic) bond motifs is 9. The molecule has 1 fully saturated rings. The van der Waals surface area contributed by atoms with E-state index in [1.165, 1.54) is 6.07 Å². The second-order valence-corrected chi connectivity index (χ2v) is 9.86. The average molecular weight is 434 g/mol. The third kappa shape index (κ3) is 2.45. The molecule has 4 heterocycles. The van der Waals surface area contributed by atoms with Gasteiger partial charge in [-0.3, -0.25) is 4.79 Å². The van der Waals surface area contributed by atoms with Gasteiger partial charge in [-0.05, 0) is 57.4 Å². The van der Waals surface area contributed by atoms with Crippen molar-refractivity contribution in [2.75, 3.05) is 6.98 Å². The number of nitrogens with zero attached hydrogens (tertiary/aromatic N) is 3. The minimum absolute atomic E-state index is 0.0381. The number of carbonyl (C=O) groups is 1. The van der Waals surface area contributed by atoms with E-state index in [1.54, 1.807) is 12.1 Å². The van der Waals surface area contributed by atoms with E-state index in [9.17, 15) is 9.90 Å². The first-order valence-corrected chi connectivity index (χ1v) is 10.8. The van der Waals surface area contributed by atoms with Crippen LogP contribution in [-0.2, 0) is 9.31 Å². The lowest BCUT2D eigenvalue weighted by Gasteiger charge is -2.32. The highest BCUT2D eigenvalue weighted by Crippen LogP contribution is 2.49. The molecule has 1 N–H and O–H groups in total. The van der Waals surface area contributed by atoms with Crippen molar-refractivity contribution in [3.05, 3.63) is 53.3 Å². The van der Waals surface area contributed by atoms with Gasteiger partial charge >= 0.3 is 7.12 Å². The van der Waals surface area contributed by atoms with Crippen molar-refractivity contribution >= 4 is 29.5 Å². The van der Waals surface area contributed by atoms with Crippen molar-refractivity contribution in [1.29, 1.82) is 0 Å². The fraction of sp³-hybridized carbons (Fsp3) is 0.417. The lowest BCUT2D eigenvalue weighted by atomic mass is 9.79.